The maximum absolute atomic E-state index is 12.6. The molecule has 8 heteroatoms. The quantitative estimate of drug-likeness (QED) is 0.432. The number of thiazole rings is 1. The molecule has 4 rings (SSSR count). The normalized spacial score (nSPS) is 11.0. The Hall–Kier alpha value is -2.90. The molecule has 2 aromatic heterocycles. The molecule has 0 fully saturated rings. The molecule has 0 bridgehead atoms. The number of rotatable bonds is 7. The van der Waals surface area contributed by atoms with Crippen molar-refractivity contribution in [3.63, 3.8) is 0 Å². The number of amides is 1. The molecule has 0 radical (unpaired) electrons. The van der Waals surface area contributed by atoms with Gasteiger partial charge in [0.25, 0.3) is 5.91 Å². The molecule has 2 N–H and O–H groups in total. The number of aryl methyl sites for hydroxylation is 1. The lowest BCUT2D eigenvalue weighted by atomic mass is 10.2. The number of fused-ring (bicyclic) bond motifs is 1. The fourth-order valence-corrected chi connectivity index (χ4v) is 4.27. The van der Waals surface area contributed by atoms with Crippen molar-refractivity contribution in [3.8, 4) is 0 Å². The SMILES string of the molecule is Cc1nn(Cc2ccccc2)c(Cl)c1C(=O)NCCNc1nc2ccccc2s1. The third-order valence-corrected chi connectivity index (χ3v) is 5.83. The number of carbonyl (C=O) groups excluding carboxylic acids is 1. The van der Waals surface area contributed by atoms with Gasteiger partial charge < -0.3 is 10.6 Å². The minimum atomic E-state index is -0.224. The van der Waals surface area contributed by atoms with E-state index in [-0.39, 0.29) is 5.91 Å². The van der Waals surface area contributed by atoms with Crippen molar-refractivity contribution in [2.24, 2.45) is 0 Å². The van der Waals surface area contributed by atoms with E-state index in [1.165, 1.54) is 0 Å². The van der Waals surface area contributed by atoms with E-state index in [4.69, 9.17) is 11.6 Å². The molecule has 2 aromatic carbocycles. The highest BCUT2D eigenvalue weighted by Gasteiger charge is 2.20. The largest absolute Gasteiger partial charge is 0.360 e. The minimum Gasteiger partial charge on any atom is -0.360 e. The maximum atomic E-state index is 12.6. The summed E-state index contributed by atoms with van der Waals surface area (Å²) in [5.41, 5.74) is 3.08. The van der Waals surface area contributed by atoms with Gasteiger partial charge in [-0.05, 0) is 24.6 Å². The van der Waals surface area contributed by atoms with Gasteiger partial charge in [-0.15, -0.1) is 0 Å². The van der Waals surface area contributed by atoms with E-state index < -0.39 is 0 Å². The molecule has 0 aliphatic heterocycles. The van der Waals surface area contributed by atoms with Crippen LogP contribution in [-0.2, 0) is 6.54 Å². The molecule has 0 saturated heterocycles. The Morgan fingerprint density at radius 3 is 2.66 bits per heavy atom. The number of nitrogens with zero attached hydrogens (tertiary/aromatic N) is 3. The Balaban J connectivity index is 1.34. The van der Waals surface area contributed by atoms with Crippen molar-refractivity contribution >= 4 is 44.2 Å². The van der Waals surface area contributed by atoms with Crippen LogP contribution in [0.2, 0.25) is 5.15 Å². The van der Waals surface area contributed by atoms with Crippen LogP contribution in [-0.4, -0.2) is 33.8 Å². The molecule has 29 heavy (non-hydrogen) atoms. The predicted molar refractivity (Wildman–Crippen MR) is 118 cm³/mol. The van der Waals surface area contributed by atoms with Gasteiger partial charge in [0.2, 0.25) is 0 Å². The molecule has 2 heterocycles. The second-order valence-corrected chi connectivity index (χ2v) is 7.95. The topological polar surface area (TPSA) is 71.8 Å². The summed E-state index contributed by atoms with van der Waals surface area (Å²) in [4.78, 5) is 17.1. The molecule has 0 aliphatic rings. The second-order valence-electron chi connectivity index (χ2n) is 6.56. The van der Waals surface area contributed by atoms with E-state index in [1.54, 1.807) is 22.9 Å². The zero-order valence-corrected chi connectivity index (χ0v) is 17.4. The number of halogens is 1. The first kappa shape index (κ1) is 19.4. The Kier molecular flexibility index (Phi) is 5.78. The Bertz CT molecular complexity index is 1110. The second kappa shape index (κ2) is 8.63. The van der Waals surface area contributed by atoms with Crippen LogP contribution < -0.4 is 10.6 Å². The lowest BCUT2D eigenvalue weighted by molar-refractivity contribution is 0.0954. The van der Waals surface area contributed by atoms with Crippen LogP contribution in [0.15, 0.2) is 54.6 Å². The highest BCUT2D eigenvalue weighted by Crippen LogP contribution is 2.25. The smallest absolute Gasteiger partial charge is 0.256 e. The summed E-state index contributed by atoms with van der Waals surface area (Å²) in [5, 5.41) is 11.8. The molecule has 0 saturated carbocycles. The number of carbonyl (C=O) groups is 1. The lowest BCUT2D eigenvalue weighted by Crippen LogP contribution is -2.29. The number of aromatic nitrogens is 3. The third-order valence-electron chi connectivity index (χ3n) is 4.45. The van der Waals surface area contributed by atoms with Crippen molar-refractivity contribution in [3.05, 3.63) is 76.6 Å². The van der Waals surface area contributed by atoms with Crippen LogP contribution in [0.4, 0.5) is 5.13 Å². The van der Waals surface area contributed by atoms with Crippen molar-refractivity contribution < 1.29 is 4.79 Å². The summed E-state index contributed by atoms with van der Waals surface area (Å²) >= 11 is 8.04. The van der Waals surface area contributed by atoms with Gasteiger partial charge in [-0.1, -0.05) is 65.4 Å². The van der Waals surface area contributed by atoms with Gasteiger partial charge >= 0.3 is 0 Å². The first-order valence-corrected chi connectivity index (χ1v) is 10.5. The first-order valence-electron chi connectivity index (χ1n) is 9.26. The van der Waals surface area contributed by atoms with E-state index in [9.17, 15) is 4.79 Å². The number of anilines is 1. The Morgan fingerprint density at radius 1 is 1.10 bits per heavy atom. The van der Waals surface area contributed by atoms with Crippen LogP contribution in [0.5, 0.6) is 0 Å². The molecule has 4 aromatic rings. The third kappa shape index (κ3) is 4.41. The van der Waals surface area contributed by atoms with E-state index in [1.807, 2.05) is 54.6 Å². The van der Waals surface area contributed by atoms with Crippen molar-refractivity contribution in [1.82, 2.24) is 20.1 Å². The highest BCUT2D eigenvalue weighted by atomic mass is 35.5. The lowest BCUT2D eigenvalue weighted by Gasteiger charge is -2.06. The molecule has 0 aliphatic carbocycles. The summed E-state index contributed by atoms with van der Waals surface area (Å²) in [6.07, 6.45) is 0. The number of benzene rings is 2. The molecule has 0 spiro atoms. The molecule has 0 atom stereocenters. The van der Waals surface area contributed by atoms with Gasteiger partial charge in [-0.3, -0.25) is 4.79 Å². The van der Waals surface area contributed by atoms with E-state index >= 15 is 0 Å². The Morgan fingerprint density at radius 2 is 1.86 bits per heavy atom. The van der Waals surface area contributed by atoms with Gasteiger partial charge in [0.1, 0.15) is 5.15 Å². The Labute approximate surface area is 177 Å². The van der Waals surface area contributed by atoms with Gasteiger partial charge in [0.15, 0.2) is 5.13 Å². The monoisotopic (exact) mass is 425 g/mol. The van der Waals surface area contributed by atoms with E-state index in [0.29, 0.717) is 36.0 Å². The molecular weight excluding hydrogens is 406 g/mol. The van der Waals surface area contributed by atoms with Gasteiger partial charge in [0.05, 0.1) is 28.0 Å². The summed E-state index contributed by atoms with van der Waals surface area (Å²) < 4.78 is 2.79. The molecular formula is C21H20ClN5OS. The van der Waals surface area contributed by atoms with Crippen molar-refractivity contribution in [2.75, 3.05) is 18.4 Å². The number of hydrogen-bond donors (Lipinski definition) is 2. The predicted octanol–water partition coefficient (Wildman–Crippen LogP) is 4.34. The summed E-state index contributed by atoms with van der Waals surface area (Å²) in [7, 11) is 0. The number of nitrogens with one attached hydrogen (secondary N) is 2. The average Bonchev–Trinajstić information content (AvgIpc) is 3.26. The summed E-state index contributed by atoms with van der Waals surface area (Å²) in [6.45, 7) is 3.34. The first-order chi connectivity index (χ1) is 14.1. The standard InChI is InChI=1S/C21H20ClN5OS/c1-14-18(19(22)27(26-14)13-15-7-3-2-4-8-15)20(28)23-11-12-24-21-25-16-9-5-6-10-17(16)29-21/h2-10H,11-13H2,1H3,(H,23,28)(H,24,25). The fourth-order valence-electron chi connectivity index (χ4n) is 3.05. The van der Waals surface area contributed by atoms with Crippen LogP contribution in [0, 0.1) is 6.92 Å². The summed E-state index contributed by atoms with van der Waals surface area (Å²) in [6, 6.07) is 17.9. The fraction of sp³-hybridized carbons (Fsp3) is 0.190. The summed E-state index contributed by atoms with van der Waals surface area (Å²) in [5.74, 6) is -0.224. The van der Waals surface area contributed by atoms with Gasteiger partial charge in [-0.2, -0.15) is 5.10 Å². The molecule has 6 nitrogen and oxygen atoms in total. The van der Waals surface area contributed by atoms with E-state index in [2.05, 4.69) is 20.7 Å². The zero-order chi connectivity index (χ0) is 20.2. The van der Waals surface area contributed by atoms with Crippen molar-refractivity contribution in [2.45, 2.75) is 13.5 Å². The minimum absolute atomic E-state index is 0.224. The molecule has 0 unspecified atom stereocenters. The number of para-hydroxylation sites is 1. The molecule has 1 amide bonds. The average molecular weight is 426 g/mol. The highest BCUT2D eigenvalue weighted by molar-refractivity contribution is 7.22. The van der Waals surface area contributed by atoms with Crippen molar-refractivity contribution in [1.29, 1.82) is 0 Å². The maximum Gasteiger partial charge on any atom is 0.256 e. The zero-order valence-electron chi connectivity index (χ0n) is 15.9. The number of hydrogen-bond acceptors (Lipinski definition) is 5. The van der Waals surface area contributed by atoms with Gasteiger partial charge in [-0.25, -0.2) is 9.67 Å². The van der Waals surface area contributed by atoms with Crippen LogP contribution in [0.25, 0.3) is 10.2 Å². The van der Waals surface area contributed by atoms with Crippen LogP contribution in [0.3, 0.4) is 0 Å². The van der Waals surface area contributed by atoms with E-state index in [0.717, 1.165) is 20.9 Å². The van der Waals surface area contributed by atoms with Gasteiger partial charge in [0, 0.05) is 13.1 Å². The molecule has 148 valence electrons. The van der Waals surface area contributed by atoms with Crippen LogP contribution in [0.1, 0.15) is 21.6 Å². The van der Waals surface area contributed by atoms with Crippen LogP contribution >= 0.6 is 22.9 Å².